The van der Waals surface area contributed by atoms with Crippen molar-refractivity contribution in [2.45, 2.75) is 26.2 Å². The second kappa shape index (κ2) is 3.47. The monoisotopic (exact) mass is 139 g/mol. The van der Waals surface area contributed by atoms with Gasteiger partial charge in [0.25, 0.3) is 0 Å². The fourth-order valence-corrected chi connectivity index (χ4v) is 1.21. The summed E-state index contributed by atoms with van der Waals surface area (Å²) in [5.41, 5.74) is 7.99. The van der Waals surface area contributed by atoms with Gasteiger partial charge in [-0.1, -0.05) is 12.0 Å². The molecule has 1 aliphatic carbocycles. The zero-order valence-corrected chi connectivity index (χ0v) is 6.32. The lowest BCUT2D eigenvalue weighted by Gasteiger charge is -2.05. The topological polar surface area (TPSA) is 48.8 Å². The predicted octanol–water partition coefficient (Wildman–Crippen LogP) is 2.73. The largest absolute Gasteiger partial charge is 0.0940 e. The Labute approximate surface area is 61.1 Å². The number of hydrogen-bond acceptors (Lipinski definition) is 1. The van der Waals surface area contributed by atoms with E-state index in [4.69, 9.17) is 5.53 Å². The van der Waals surface area contributed by atoms with E-state index >= 15 is 0 Å². The van der Waals surface area contributed by atoms with Crippen molar-refractivity contribution in [2.24, 2.45) is 17.0 Å². The predicted molar refractivity (Wildman–Crippen MR) is 40.5 cm³/mol. The van der Waals surface area contributed by atoms with Crippen LogP contribution in [0, 0.1) is 11.8 Å². The van der Waals surface area contributed by atoms with Crippen molar-refractivity contribution in [3.05, 3.63) is 10.4 Å². The van der Waals surface area contributed by atoms with Crippen LogP contribution in [0.25, 0.3) is 10.4 Å². The SMILES string of the molecule is CC(CCN=[N+]=[N-])C1CC1. The molecule has 56 valence electrons. The maximum Gasteiger partial charge on any atom is 0.0260 e. The van der Waals surface area contributed by atoms with Gasteiger partial charge in [0.15, 0.2) is 0 Å². The van der Waals surface area contributed by atoms with Gasteiger partial charge in [-0.3, -0.25) is 0 Å². The Morgan fingerprint density at radius 1 is 1.70 bits per heavy atom. The molecular weight excluding hydrogens is 126 g/mol. The van der Waals surface area contributed by atoms with Crippen LogP contribution in [0.3, 0.4) is 0 Å². The van der Waals surface area contributed by atoms with E-state index in [0.717, 1.165) is 18.3 Å². The van der Waals surface area contributed by atoms with Gasteiger partial charge in [0, 0.05) is 11.5 Å². The minimum atomic E-state index is 0.675. The van der Waals surface area contributed by atoms with Crippen LogP contribution >= 0.6 is 0 Å². The van der Waals surface area contributed by atoms with Crippen molar-refractivity contribution in [1.82, 2.24) is 0 Å². The molecule has 3 heteroatoms. The normalized spacial score (nSPS) is 19.7. The van der Waals surface area contributed by atoms with Crippen LogP contribution in [-0.4, -0.2) is 6.54 Å². The number of hydrogen-bond donors (Lipinski definition) is 0. The van der Waals surface area contributed by atoms with Crippen LogP contribution in [0.2, 0.25) is 0 Å². The van der Waals surface area contributed by atoms with E-state index in [1.807, 2.05) is 0 Å². The minimum Gasteiger partial charge on any atom is -0.0940 e. The highest BCUT2D eigenvalue weighted by Crippen LogP contribution is 2.37. The summed E-state index contributed by atoms with van der Waals surface area (Å²) in [7, 11) is 0. The molecule has 0 bridgehead atoms. The van der Waals surface area contributed by atoms with Gasteiger partial charge in [0.2, 0.25) is 0 Å². The molecule has 0 N–H and O–H groups in total. The first kappa shape index (κ1) is 7.42. The van der Waals surface area contributed by atoms with Gasteiger partial charge in [-0.2, -0.15) is 0 Å². The molecule has 10 heavy (non-hydrogen) atoms. The van der Waals surface area contributed by atoms with Gasteiger partial charge in [-0.25, -0.2) is 0 Å². The second-order valence-corrected chi connectivity index (χ2v) is 3.06. The highest BCUT2D eigenvalue weighted by molar-refractivity contribution is 4.78. The molecule has 1 atom stereocenters. The van der Waals surface area contributed by atoms with Crippen molar-refractivity contribution >= 4 is 0 Å². The summed E-state index contributed by atoms with van der Waals surface area (Å²) in [6, 6.07) is 0. The van der Waals surface area contributed by atoms with Crippen LogP contribution < -0.4 is 0 Å². The first-order valence-electron chi connectivity index (χ1n) is 3.85. The molecule has 1 aliphatic rings. The lowest BCUT2D eigenvalue weighted by Crippen LogP contribution is -1.98. The van der Waals surface area contributed by atoms with Crippen LogP contribution in [-0.2, 0) is 0 Å². The van der Waals surface area contributed by atoms with E-state index in [0.29, 0.717) is 6.54 Å². The van der Waals surface area contributed by atoms with Crippen molar-refractivity contribution in [2.75, 3.05) is 6.54 Å². The van der Waals surface area contributed by atoms with Gasteiger partial charge >= 0.3 is 0 Å². The molecule has 0 saturated heterocycles. The van der Waals surface area contributed by atoms with Gasteiger partial charge in [-0.05, 0) is 36.6 Å². The van der Waals surface area contributed by atoms with Crippen LogP contribution in [0.1, 0.15) is 26.2 Å². The zero-order chi connectivity index (χ0) is 7.40. The second-order valence-electron chi connectivity index (χ2n) is 3.06. The molecule has 0 aromatic heterocycles. The molecular formula is C7H13N3. The first-order valence-corrected chi connectivity index (χ1v) is 3.85. The summed E-state index contributed by atoms with van der Waals surface area (Å²) >= 11 is 0. The van der Waals surface area contributed by atoms with Crippen molar-refractivity contribution < 1.29 is 0 Å². The number of rotatable bonds is 4. The average Bonchev–Trinajstić information content (AvgIpc) is 2.69. The van der Waals surface area contributed by atoms with E-state index in [1.165, 1.54) is 12.8 Å². The lowest BCUT2D eigenvalue weighted by molar-refractivity contribution is 0.477. The summed E-state index contributed by atoms with van der Waals surface area (Å²) in [5, 5.41) is 3.50. The van der Waals surface area contributed by atoms with Crippen LogP contribution in [0.4, 0.5) is 0 Å². The maximum absolute atomic E-state index is 7.99. The van der Waals surface area contributed by atoms with Crippen LogP contribution in [0.15, 0.2) is 5.11 Å². The quantitative estimate of drug-likeness (QED) is 0.326. The summed E-state index contributed by atoms with van der Waals surface area (Å²) in [5.74, 6) is 1.71. The van der Waals surface area contributed by atoms with E-state index in [1.54, 1.807) is 0 Å². The smallest absolute Gasteiger partial charge is 0.0260 e. The fourth-order valence-electron chi connectivity index (χ4n) is 1.21. The number of azide groups is 1. The molecule has 0 amide bonds. The molecule has 0 radical (unpaired) electrons. The highest BCUT2D eigenvalue weighted by Gasteiger charge is 2.26. The van der Waals surface area contributed by atoms with Crippen LogP contribution in [0.5, 0.6) is 0 Å². The van der Waals surface area contributed by atoms with E-state index in [9.17, 15) is 0 Å². The third-order valence-electron chi connectivity index (χ3n) is 2.17. The van der Waals surface area contributed by atoms with Gasteiger partial charge < -0.3 is 0 Å². The third-order valence-corrected chi connectivity index (χ3v) is 2.17. The fraction of sp³-hybridized carbons (Fsp3) is 1.00. The third kappa shape index (κ3) is 2.28. The highest BCUT2D eigenvalue weighted by atomic mass is 15.1. The molecule has 1 saturated carbocycles. The zero-order valence-electron chi connectivity index (χ0n) is 6.32. The summed E-state index contributed by atoms with van der Waals surface area (Å²) in [6.07, 6.45) is 3.84. The van der Waals surface area contributed by atoms with Crippen molar-refractivity contribution in [3.63, 3.8) is 0 Å². The standard InChI is InChI=1S/C7H13N3/c1-6(7-2-3-7)4-5-9-10-8/h6-7H,2-5H2,1H3. The maximum atomic E-state index is 7.99. The Balaban J connectivity index is 2.05. The minimum absolute atomic E-state index is 0.675. The van der Waals surface area contributed by atoms with E-state index in [-0.39, 0.29) is 0 Å². The van der Waals surface area contributed by atoms with Gasteiger partial charge in [-0.15, -0.1) is 0 Å². The Bertz CT molecular complexity index is 145. The molecule has 0 aromatic carbocycles. The molecule has 0 spiro atoms. The Morgan fingerprint density at radius 2 is 2.40 bits per heavy atom. The Kier molecular flexibility index (Phi) is 2.57. The molecule has 3 nitrogen and oxygen atoms in total. The molecule has 0 heterocycles. The Hall–Kier alpha value is -0.690. The van der Waals surface area contributed by atoms with Gasteiger partial charge in [0.1, 0.15) is 0 Å². The number of nitrogens with zero attached hydrogens (tertiary/aromatic N) is 3. The first-order chi connectivity index (χ1) is 4.84. The van der Waals surface area contributed by atoms with Gasteiger partial charge in [0.05, 0.1) is 0 Å². The summed E-state index contributed by atoms with van der Waals surface area (Å²) in [4.78, 5) is 2.71. The Morgan fingerprint density at radius 3 is 2.90 bits per heavy atom. The molecule has 0 aliphatic heterocycles. The van der Waals surface area contributed by atoms with E-state index in [2.05, 4.69) is 16.9 Å². The van der Waals surface area contributed by atoms with E-state index < -0.39 is 0 Å². The lowest BCUT2D eigenvalue weighted by atomic mass is 10.0. The average molecular weight is 139 g/mol. The summed E-state index contributed by atoms with van der Waals surface area (Å²) in [6.45, 7) is 2.92. The summed E-state index contributed by atoms with van der Waals surface area (Å²) < 4.78 is 0. The van der Waals surface area contributed by atoms with Crippen molar-refractivity contribution in [3.8, 4) is 0 Å². The molecule has 0 aromatic rings. The molecule has 1 rings (SSSR count). The molecule has 1 fully saturated rings. The van der Waals surface area contributed by atoms with Crippen molar-refractivity contribution in [1.29, 1.82) is 0 Å². The molecule has 1 unspecified atom stereocenters.